The van der Waals surface area contributed by atoms with Crippen LogP contribution < -0.4 is 5.73 Å². The Balaban J connectivity index is 2.35. The summed E-state index contributed by atoms with van der Waals surface area (Å²) in [6.45, 7) is 2.46. The van der Waals surface area contributed by atoms with Crippen molar-refractivity contribution in [2.24, 2.45) is 11.7 Å². The van der Waals surface area contributed by atoms with Gasteiger partial charge in [0.15, 0.2) is 0 Å². The highest BCUT2D eigenvalue weighted by Gasteiger charge is 2.35. The van der Waals surface area contributed by atoms with Gasteiger partial charge in [-0.2, -0.15) is 4.31 Å². The zero-order valence-corrected chi connectivity index (χ0v) is 11.2. The van der Waals surface area contributed by atoms with E-state index in [4.69, 9.17) is 5.73 Å². The Labute approximate surface area is 111 Å². The first kappa shape index (κ1) is 13.9. The molecule has 1 aromatic carbocycles. The number of benzene rings is 1. The second kappa shape index (κ2) is 4.87. The van der Waals surface area contributed by atoms with Crippen molar-refractivity contribution in [2.75, 3.05) is 13.1 Å². The highest BCUT2D eigenvalue weighted by Crippen LogP contribution is 2.25. The first-order valence-electron chi connectivity index (χ1n) is 5.82. The number of hydrogen-bond donors (Lipinski definition) is 1. The van der Waals surface area contributed by atoms with Crippen LogP contribution in [0.1, 0.15) is 6.92 Å². The van der Waals surface area contributed by atoms with Gasteiger partial charge in [0.05, 0.1) is 9.82 Å². The van der Waals surface area contributed by atoms with E-state index in [9.17, 15) is 18.5 Å². The summed E-state index contributed by atoms with van der Waals surface area (Å²) in [5.41, 5.74) is 5.57. The molecule has 1 aromatic rings. The summed E-state index contributed by atoms with van der Waals surface area (Å²) in [4.78, 5) is 10.0. The molecule has 2 N–H and O–H groups in total. The van der Waals surface area contributed by atoms with Crippen molar-refractivity contribution in [3.63, 3.8) is 0 Å². The highest BCUT2D eigenvalue weighted by atomic mass is 32.2. The number of hydrogen-bond acceptors (Lipinski definition) is 5. The largest absolute Gasteiger partial charge is 0.326 e. The van der Waals surface area contributed by atoms with Crippen molar-refractivity contribution in [1.82, 2.24) is 4.31 Å². The smallest absolute Gasteiger partial charge is 0.270 e. The normalized spacial score (nSPS) is 24.5. The number of non-ortho nitro benzene ring substituents is 1. The maximum absolute atomic E-state index is 12.3. The van der Waals surface area contributed by atoms with Gasteiger partial charge < -0.3 is 5.73 Å². The van der Waals surface area contributed by atoms with Gasteiger partial charge in [0.1, 0.15) is 0 Å². The summed E-state index contributed by atoms with van der Waals surface area (Å²) in [6.07, 6.45) is 0. The number of nitrogens with two attached hydrogens (primary N) is 1. The third-order valence-corrected chi connectivity index (χ3v) is 5.13. The molecule has 2 unspecified atom stereocenters. The molecular formula is C11H15N3O4S. The van der Waals surface area contributed by atoms with Crippen LogP contribution in [-0.4, -0.2) is 36.8 Å². The van der Waals surface area contributed by atoms with Gasteiger partial charge in [-0.05, 0) is 12.0 Å². The summed E-state index contributed by atoms with van der Waals surface area (Å²) in [7, 11) is -3.71. The zero-order valence-electron chi connectivity index (χ0n) is 10.4. The molecule has 0 spiro atoms. The SMILES string of the molecule is CC1CN(S(=O)(=O)c2cccc([N+](=O)[O-])c2)CC1N. The van der Waals surface area contributed by atoms with Gasteiger partial charge in [0.25, 0.3) is 5.69 Å². The molecule has 19 heavy (non-hydrogen) atoms. The minimum absolute atomic E-state index is 0.0667. The fraction of sp³-hybridized carbons (Fsp3) is 0.455. The number of rotatable bonds is 3. The third kappa shape index (κ3) is 2.60. The average Bonchev–Trinajstić information content (AvgIpc) is 2.70. The van der Waals surface area contributed by atoms with Crippen LogP contribution in [0, 0.1) is 16.0 Å². The molecule has 1 aliphatic heterocycles. The predicted molar refractivity (Wildman–Crippen MR) is 69.0 cm³/mol. The van der Waals surface area contributed by atoms with E-state index in [2.05, 4.69) is 0 Å². The predicted octanol–water partition coefficient (Wildman–Crippen LogP) is 0.563. The maximum Gasteiger partial charge on any atom is 0.270 e. The van der Waals surface area contributed by atoms with E-state index in [1.54, 1.807) is 0 Å². The zero-order chi connectivity index (χ0) is 14.2. The molecule has 0 bridgehead atoms. The van der Waals surface area contributed by atoms with Crippen LogP contribution in [0.5, 0.6) is 0 Å². The Morgan fingerprint density at radius 2 is 2.11 bits per heavy atom. The van der Waals surface area contributed by atoms with E-state index in [0.29, 0.717) is 6.54 Å². The van der Waals surface area contributed by atoms with Crippen LogP contribution in [0.3, 0.4) is 0 Å². The summed E-state index contributed by atoms with van der Waals surface area (Å²) < 4.78 is 26.0. The van der Waals surface area contributed by atoms with Crippen LogP contribution >= 0.6 is 0 Å². The molecule has 1 aliphatic rings. The first-order valence-corrected chi connectivity index (χ1v) is 7.26. The molecule has 8 heteroatoms. The monoisotopic (exact) mass is 285 g/mol. The topological polar surface area (TPSA) is 107 Å². The van der Waals surface area contributed by atoms with Crippen molar-refractivity contribution in [1.29, 1.82) is 0 Å². The number of nitro groups is 1. The molecule has 0 aliphatic carbocycles. The van der Waals surface area contributed by atoms with Gasteiger partial charge in [-0.15, -0.1) is 0 Å². The lowest BCUT2D eigenvalue weighted by molar-refractivity contribution is -0.385. The van der Waals surface area contributed by atoms with E-state index in [1.165, 1.54) is 22.5 Å². The van der Waals surface area contributed by atoms with Gasteiger partial charge in [0.2, 0.25) is 10.0 Å². The van der Waals surface area contributed by atoms with Crippen LogP contribution in [-0.2, 0) is 10.0 Å². The van der Waals surface area contributed by atoms with Gasteiger partial charge in [-0.25, -0.2) is 8.42 Å². The summed E-state index contributed by atoms with van der Waals surface area (Å²) in [5.74, 6) is 0.0773. The molecule has 0 saturated carbocycles. The van der Waals surface area contributed by atoms with E-state index in [0.717, 1.165) is 6.07 Å². The Morgan fingerprint density at radius 1 is 1.42 bits per heavy atom. The van der Waals surface area contributed by atoms with Crippen LogP contribution in [0.25, 0.3) is 0 Å². The molecule has 2 rings (SSSR count). The Bertz CT molecular complexity index is 592. The second-order valence-electron chi connectivity index (χ2n) is 4.72. The molecule has 2 atom stereocenters. The van der Waals surface area contributed by atoms with E-state index >= 15 is 0 Å². The van der Waals surface area contributed by atoms with Crippen molar-refractivity contribution in [3.05, 3.63) is 34.4 Å². The molecule has 7 nitrogen and oxygen atoms in total. The highest BCUT2D eigenvalue weighted by molar-refractivity contribution is 7.89. The molecule has 0 radical (unpaired) electrons. The van der Waals surface area contributed by atoms with Gasteiger partial charge in [-0.1, -0.05) is 13.0 Å². The third-order valence-electron chi connectivity index (χ3n) is 3.30. The molecule has 1 saturated heterocycles. The van der Waals surface area contributed by atoms with Crippen LogP contribution in [0.15, 0.2) is 29.2 Å². The molecule has 0 aromatic heterocycles. The van der Waals surface area contributed by atoms with Crippen molar-refractivity contribution >= 4 is 15.7 Å². The fourth-order valence-corrected chi connectivity index (χ4v) is 3.67. The van der Waals surface area contributed by atoms with E-state index in [-0.39, 0.29) is 29.1 Å². The first-order chi connectivity index (χ1) is 8.82. The Kier molecular flexibility index (Phi) is 3.57. The van der Waals surface area contributed by atoms with Gasteiger partial charge in [0, 0.05) is 31.3 Å². The minimum Gasteiger partial charge on any atom is -0.326 e. The Morgan fingerprint density at radius 3 is 2.63 bits per heavy atom. The standard InChI is InChI=1S/C11H15N3O4S/c1-8-6-13(7-11(8)12)19(17,18)10-4-2-3-9(5-10)14(15)16/h2-5,8,11H,6-7,12H2,1H3. The number of sulfonamides is 1. The lowest BCUT2D eigenvalue weighted by Crippen LogP contribution is -2.32. The van der Waals surface area contributed by atoms with Crippen LogP contribution in [0.4, 0.5) is 5.69 Å². The fourth-order valence-electron chi connectivity index (χ4n) is 2.05. The molecular weight excluding hydrogens is 270 g/mol. The molecule has 104 valence electrons. The lowest BCUT2D eigenvalue weighted by Gasteiger charge is -2.15. The van der Waals surface area contributed by atoms with Crippen molar-refractivity contribution in [3.8, 4) is 0 Å². The van der Waals surface area contributed by atoms with Gasteiger partial charge >= 0.3 is 0 Å². The van der Waals surface area contributed by atoms with Crippen LogP contribution in [0.2, 0.25) is 0 Å². The minimum atomic E-state index is -3.71. The van der Waals surface area contributed by atoms with E-state index in [1.807, 2.05) is 6.92 Å². The summed E-state index contributed by atoms with van der Waals surface area (Å²) in [6, 6.07) is 4.86. The lowest BCUT2D eigenvalue weighted by atomic mass is 10.1. The quantitative estimate of drug-likeness (QED) is 0.645. The van der Waals surface area contributed by atoms with E-state index < -0.39 is 14.9 Å². The molecule has 1 heterocycles. The maximum atomic E-state index is 12.3. The molecule has 1 fully saturated rings. The Hall–Kier alpha value is -1.51. The molecule has 0 amide bonds. The van der Waals surface area contributed by atoms with Crippen molar-refractivity contribution < 1.29 is 13.3 Å². The van der Waals surface area contributed by atoms with Gasteiger partial charge in [-0.3, -0.25) is 10.1 Å². The number of nitrogens with zero attached hydrogens (tertiary/aromatic N) is 2. The second-order valence-corrected chi connectivity index (χ2v) is 6.66. The summed E-state index contributed by atoms with van der Waals surface area (Å²) >= 11 is 0. The number of nitro benzene ring substituents is 1. The van der Waals surface area contributed by atoms with Crippen molar-refractivity contribution in [2.45, 2.75) is 17.9 Å². The average molecular weight is 285 g/mol. The summed E-state index contributed by atoms with van der Waals surface area (Å²) in [5, 5.41) is 10.7.